The minimum atomic E-state index is -0.478. The van der Waals surface area contributed by atoms with Crippen molar-refractivity contribution >= 4 is 23.5 Å². The fourth-order valence-electron chi connectivity index (χ4n) is 2.12. The van der Waals surface area contributed by atoms with Crippen molar-refractivity contribution in [2.24, 2.45) is 0 Å². The Morgan fingerprint density at radius 3 is 1.42 bits per heavy atom. The summed E-state index contributed by atoms with van der Waals surface area (Å²) in [4.78, 5) is 32.1. The standard InChI is InChI=1S/C18H14N4O4/c23-13-3-1-9-19-15(13)21-17(25)11-5-7-12(8-6-11)18(26)22-16-14(24)4-2-10-20-16/h1-10,23-24H,(H,19,21,25)(H,20,22,26). The Balaban J connectivity index is 1.70. The molecule has 3 aromatic rings. The van der Waals surface area contributed by atoms with Gasteiger partial charge in [-0.25, -0.2) is 9.97 Å². The van der Waals surface area contributed by atoms with Crippen LogP contribution in [0.15, 0.2) is 60.9 Å². The first-order valence-electron chi connectivity index (χ1n) is 7.55. The van der Waals surface area contributed by atoms with Crippen molar-refractivity contribution in [1.29, 1.82) is 0 Å². The second-order valence-electron chi connectivity index (χ2n) is 5.23. The molecule has 2 amide bonds. The molecule has 0 saturated carbocycles. The molecule has 8 heteroatoms. The predicted octanol–water partition coefficient (Wildman–Crippen LogP) is 2.39. The molecule has 8 nitrogen and oxygen atoms in total. The highest BCUT2D eigenvalue weighted by Crippen LogP contribution is 2.20. The number of hydrogen-bond donors (Lipinski definition) is 4. The summed E-state index contributed by atoms with van der Waals surface area (Å²) in [5.41, 5.74) is 0.569. The number of rotatable bonds is 4. The predicted molar refractivity (Wildman–Crippen MR) is 94.2 cm³/mol. The van der Waals surface area contributed by atoms with Crippen LogP contribution in [0.3, 0.4) is 0 Å². The number of nitrogens with zero attached hydrogens (tertiary/aromatic N) is 2. The summed E-state index contributed by atoms with van der Waals surface area (Å²) in [6, 6.07) is 11.7. The third-order valence-electron chi connectivity index (χ3n) is 3.45. The van der Waals surface area contributed by atoms with Crippen LogP contribution in [0.1, 0.15) is 20.7 Å². The van der Waals surface area contributed by atoms with Crippen LogP contribution in [0.5, 0.6) is 11.5 Å². The minimum absolute atomic E-state index is 0.0462. The van der Waals surface area contributed by atoms with Crippen LogP contribution in [0.4, 0.5) is 11.6 Å². The van der Waals surface area contributed by atoms with Crippen LogP contribution in [-0.4, -0.2) is 32.0 Å². The van der Waals surface area contributed by atoms with Crippen molar-refractivity contribution in [2.45, 2.75) is 0 Å². The molecule has 130 valence electrons. The van der Waals surface area contributed by atoms with E-state index < -0.39 is 11.8 Å². The van der Waals surface area contributed by atoms with E-state index in [-0.39, 0.29) is 34.3 Å². The molecule has 0 fully saturated rings. The molecule has 0 aliphatic carbocycles. The Morgan fingerprint density at radius 1 is 0.692 bits per heavy atom. The summed E-state index contributed by atoms with van der Waals surface area (Å²) in [5, 5.41) is 24.2. The van der Waals surface area contributed by atoms with Crippen molar-refractivity contribution < 1.29 is 19.8 Å². The molecule has 0 spiro atoms. The van der Waals surface area contributed by atoms with Crippen LogP contribution >= 0.6 is 0 Å². The van der Waals surface area contributed by atoms with Crippen molar-refractivity contribution in [3.8, 4) is 11.5 Å². The molecule has 26 heavy (non-hydrogen) atoms. The van der Waals surface area contributed by atoms with Gasteiger partial charge in [0, 0.05) is 23.5 Å². The fourth-order valence-corrected chi connectivity index (χ4v) is 2.12. The maximum absolute atomic E-state index is 12.2. The number of amides is 2. The molecule has 2 heterocycles. The van der Waals surface area contributed by atoms with Crippen molar-refractivity contribution in [2.75, 3.05) is 10.6 Å². The topological polar surface area (TPSA) is 124 Å². The van der Waals surface area contributed by atoms with Gasteiger partial charge in [-0.2, -0.15) is 0 Å². The van der Waals surface area contributed by atoms with Crippen LogP contribution in [0.25, 0.3) is 0 Å². The maximum atomic E-state index is 12.2. The Bertz CT molecular complexity index is 879. The maximum Gasteiger partial charge on any atom is 0.256 e. The number of hydrogen-bond acceptors (Lipinski definition) is 6. The van der Waals surface area contributed by atoms with Crippen molar-refractivity contribution in [3.63, 3.8) is 0 Å². The molecule has 0 radical (unpaired) electrons. The van der Waals surface area contributed by atoms with Gasteiger partial charge in [-0.1, -0.05) is 0 Å². The first kappa shape index (κ1) is 16.9. The van der Waals surface area contributed by atoms with Crippen LogP contribution in [0.2, 0.25) is 0 Å². The van der Waals surface area contributed by atoms with Gasteiger partial charge in [0.05, 0.1) is 0 Å². The molecule has 0 aliphatic rings. The van der Waals surface area contributed by atoms with Gasteiger partial charge in [-0.3, -0.25) is 9.59 Å². The summed E-state index contributed by atoms with van der Waals surface area (Å²) in [6.45, 7) is 0. The monoisotopic (exact) mass is 350 g/mol. The van der Waals surface area contributed by atoms with Crippen molar-refractivity contribution in [3.05, 3.63) is 72.1 Å². The highest BCUT2D eigenvalue weighted by atomic mass is 16.3. The lowest BCUT2D eigenvalue weighted by Crippen LogP contribution is -2.15. The lowest BCUT2D eigenvalue weighted by Gasteiger charge is -2.08. The lowest BCUT2D eigenvalue weighted by atomic mass is 10.1. The van der Waals surface area contributed by atoms with E-state index in [9.17, 15) is 19.8 Å². The van der Waals surface area contributed by atoms with Gasteiger partial charge < -0.3 is 20.8 Å². The van der Waals surface area contributed by atoms with E-state index in [1.165, 1.54) is 60.9 Å². The smallest absolute Gasteiger partial charge is 0.256 e. The highest BCUT2D eigenvalue weighted by molar-refractivity contribution is 6.07. The normalized spacial score (nSPS) is 10.2. The number of carbonyl (C=O) groups is 2. The molecule has 1 aromatic carbocycles. The van der Waals surface area contributed by atoms with Gasteiger partial charge in [-0.15, -0.1) is 0 Å². The molecular weight excluding hydrogens is 336 g/mol. The largest absolute Gasteiger partial charge is 0.504 e. The van der Waals surface area contributed by atoms with E-state index in [4.69, 9.17) is 0 Å². The SMILES string of the molecule is O=C(Nc1ncccc1O)c1ccc(C(=O)Nc2ncccc2O)cc1. The summed E-state index contributed by atoms with van der Waals surface area (Å²) < 4.78 is 0. The number of benzene rings is 1. The zero-order valence-corrected chi connectivity index (χ0v) is 13.4. The summed E-state index contributed by atoms with van der Waals surface area (Å²) in [5.74, 6) is -1.16. The third-order valence-corrected chi connectivity index (χ3v) is 3.45. The van der Waals surface area contributed by atoms with E-state index in [2.05, 4.69) is 20.6 Å². The third kappa shape index (κ3) is 3.75. The van der Waals surface area contributed by atoms with Gasteiger partial charge in [0.2, 0.25) is 0 Å². The molecule has 0 unspecified atom stereocenters. The first-order valence-corrected chi connectivity index (χ1v) is 7.55. The Labute approximate surface area is 148 Å². The highest BCUT2D eigenvalue weighted by Gasteiger charge is 2.13. The number of anilines is 2. The molecular formula is C18H14N4O4. The second-order valence-corrected chi connectivity index (χ2v) is 5.23. The number of pyridine rings is 2. The van der Waals surface area contributed by atoms with E-state index in [1.54, 1.807) is 0 Å². The quantitative estimate of drug-likeness (QED) is 0.573. The van der Waals surface area contributed by atoms with Crippen molar-refractivity contribution in [1.82, 2.24) is 9.97 Å². The van der Waals surface area contributed by atoms with Gasteiger partial charge in [0.25, 0.3) is 11.8 Å². The molecule has 0 aliphatic heterocycles. The molecule has 2 aromatic heterocycles. The zero-order chi connectivity index (χ0) is 18.5. The average Bonchev–Trinajstić information content (AvgIpc) is 2.65. The van der Waals surface area contributed by atoms with Gasteiger partial charge >= 0.3 is 0 Å². The summed E-state index contributed by atoms with van der Waals surface area (Å²) >= 11 is 0. The molecule has 4 N–H and O–H groups in total. The molecule has 0 bridgehead atoms. The molecule has 3 rings (SSSR count). The van der Waals surface area contributed by atoms with Crippen LogP contribution < -0.4 is 10.6 Å². The van der Waals surface area contributed by atoms with Gasteiger partial charge in [0.15, 0.2) is 23.1 Å². The summed E-state index contributed by atoms with van der Waals surface area (Å²) in [7, 11) is 0. The number of nitrogens with one attached hydrogen (secondary N) is 2. The number of aromatic hydroxyl groups is 2. The first-order chi connectivity index (χ1) is 12.5. The van der Waals surface area contributed by atoms with Crippen LogP contribution in [0, 0.1) is 0 Å². The Morgan fingerprint density at radius 2 is 1.08 bits per heavy atom. The van der Waals surface area contributed by atoms with E-state index in [0.717, 1.165) is 0 Å². The van der Waals surface area contributed by atoms with Crippen LogP contribution in [-0.2, 0) is 0 Å². The second kappa shape index (κ2) is 7.31. The Kier molecular flexibility index (Phi) is 4.75. The van der Waals surface area contributed by atoms with E-state index in [1.807, 2.05) is 0 Å². The van der Waals surface area contributed by atoms with Gasteiger partial charge in [0.1, 0.15) is 0 Å². The van der Waals surface area contributed by atoms with E-state index in [0.29, 0.717) is 0 Å². The Hall–Kier alpha value is -3.94. The minimum Gasteiger partial charge on any atom is -0.504 e. The molecule has 0 saturated heterocycles. The van der Waals surface area contributed by atoms with Gasteiger partial charge in [-0.05, 0) is 48.5 Å². The lowest BCUT2D eigenvalue weighted by molar-refractivity contribution is 0.101. The average molecular weight is 350 g/mol. The number of aromatic nitrogens is 2. The van der Waals surface area contributed by atoms with E-state index >= 15 is 0 Å². The number of carbonyl (C=O) groups excluding carboxylic acids is 2. The fraction of sp³-hybridized carbons (Fsp3) is 0. The summed E-state index contributed by atoms with van der Waals surface area (Å²) in [6.07, 6.45) is 2.88. The molecule has 0 atom stereocenters. The zero-order valence-electron chi connectivity index (χ0n) is 13.4.